The van der Waals surface area contributed by atoms with Crippen molar-refractivity contribution in [3.05, 3.63) is 60.2 Å². The molecule has 0 radical (unpaired) electrons. The third kappa shape index (κ3) is 6.00. The third-order valence-electron chi connectivity index (χ3n) is 2.48. The van der Waals surface area contributed by atoms with E-state index in [1.165, 1.54) is 0 Å². The van der Waals surface area contributed by atoms with Gasteiger partial charge < -0.3 is 10.1 Å². The van der Waals surface area contributed by atoms with Gasteiger partial charge in [0, 0.05) is 19.3 Å². The van der Waals surface area contributed by atoms with Crippen molar-refractivity contribution in [3.63, 3.8) is 0 Å². The topological polar surface area (TPSA) is 51.2 Å². The van der Waals surface area contributed by atoms with Crippen molar-refractivity contribution in [2.45, 2.75) is 20.3 Å². The molecule has 0 saturated heterocycles. The second kappa shape index (κ2) is 8.69. The van der Waals surface area contributed by atoms with E-state index in [1.54, 1.807) is 31.6 Å². The number of carbonyl (C=O) groups is 1. The highest BCUT2D eigenvalue weighted by Crippen LogP contribution is 2.11. The van der Waals surface area contributed by atoms with Crippen LogP contribution in [0.4, 0.5) is 0 Å². The van der Waals surface area contributed by atoms with Gasteiger partial charge in [-0.25, -0.2) is 0 Å². The number of aromatic nitrogens is 1. The molecule has 1 amide bonds. The van der Waals surface area contributed by atoms with Crippen molar-refractivity contribution in [2.75, 3.05) is 7.05 Å². The molecule has 0 unspecified atom stereocenters. The zero-order valence-electron chi connectivity index (χ0n) is 12.1. The van der Waals surface area contributed by atoms with Gasteiger partial charge in [0.25, 0.3) is 0 Å². The van der Waals surface area contributed by atoms with E-state index in [0.717, 1.165) is 5.57 Å². The monoisotopic (exact) mass is 272 g/mol. The Bertz CT molecular complexity index is 531. The van der Waals surface area contributed by atoms with E-state index < -0.39 is 0 Å². The summed E-state index contributed by atoms with van der Waals surface area (Å²) in [6.07, 6.45) is 11.2. The van der Waals surface area contributed by atoms with Gasteiger partial charge in [0.15, 0.2) is 0 Å². The fourth-order valence-corrected chi connectivity index (χ4v) is 1.51. The van der Waals surface area contributed by atoms with Gasteiger partial charge >= 0.3 is 0 Å². The Hall–Kier alpha value is -2.36. The summed E-state index contributed by atoms with van der Waals surface area (Å²) in [5, 5.41) is 2.56. The van der Waals surface area contributed by atoms with Crippen molar-refractivity contribution in [1.29, 1.82) is 0 Å². The number of ether oxygens (including phenoxy) is 1. The summed E-state index contributed by atoms with van der Waals surface area (Å²) in [6.45, 7) is 3.99. The second-order valence-corrected chi connectivity index (χ2v) is 4.19. The van der Waals surface area contributed by atoms with Gasteiger partial charge in [-0.2, -0.15) is 0 Å². The lowest BCUT2D eigenvalue weighted by atomic mass is 10.2. The van der Waals surface area contributed by atoms with Crippen LogP contribution >= 0.6 is 0 Å². The number of likely N-dealkylation sites (N-methyl/N-ethyl adjacent to an activating group) is 1. The predicted molar refractivity (Wildman–Crippen MR) is 80.3 cm³/mol. The molecule has 1 N–H and O–H groups in total. The Morgan fingerprint density at radius 1 is 1.50 bits per heavy atom. The van der Waals surface area contributed by atoms with E-state index in [1.807, 2.05) is 38.2 Å². The van der Waals surface area contributed by atoms with Crippen molar-refractivity contribution < 1.29 is 9.53 Å². The maximum atomic E-state index is 11.3. The van der Waals surface area contributed by atoms with Crippen LogP contribution in [-0.4, -0.2) is 17.9 Å². The molecule has 0 aromatic carbocycles. The van der Waals surface area contributed by atoms with Crippen molar-refractivity contribution in [3.8, 4) is 5.75 Å². The second-order valence-electron chi connectivity index (χ2n) is 4.19. The number of hydrogen-bond acceptors (Lipinski definition) is 3. The van der Waals surface area contributed by atoms with Gasteiger partial charge in [0.1, 0.15) is 5.75 Å². The van der Waals surface area contributed by atoms with Crippen LogP contribution in [0.5, 0.6) is 5.75 Å². The summed E-state index contributed by atoms with van der Waals surface area (Å²) < 4.78 is 5.47. The molecular formula is C16H20N2O2. The normalized spacial score (nSPS) is 12.1. The Kier molecular flexibility index (Phi) is 6.82. The highest BCUT2D eigenvalue weighted by atomic mass is 16.5. The van der Waals surface area contributed by atoms with Crippen LogP contribution in [0.1, 0.15) is 19.5 Å². The van der Waals surface area contributed by atoms with Crippen LogP contribution < -0.4 is 10.1 Å². The van der Waals surface area contributed by atoms with Crippen LogP contribution in [0.3, 0.4) is 0 Å². The Morgan fingerprint density at radius 3 is 3.00 bits per heavy atom. The first-order valence-corrected chi connectivity index (χ1v) is 6.44. The fraction of sp³-hybridized carbons (Fsp3) is 0.250. The Balaban J connectivity index is 2.60. The van der Waals surface area contributed by atoms with Crippen molar-refractivity contribution in [2.24, 2.45) is 0 Å². The number of rotatable bonds is 6. The van der Waals surface area contributed by atoms with Gasteiger partial charge in [-0.3, -0.25) is 9.78 Å². The number of pyridine rings is 1. The summed E-state index contributed by atoms with van der Waals surface area (Å²) in [5.41, 5.74) is 1.82. The maximum Gasteiger partial charge on any atom is 0.225 e. The number of allylic oxidation sites excluding steroid dienone is 5. The fourth-order valence-electron chi connectivity index (χ4n) is 1.51. The lowest BCUT2D eigenvalue weighted by molar-refractivity contribution is -0.120. The zero-order valence-corrected chi connectivity index (χ0v) is 12.1. The minimum Gasteiger partial charge on any atom is -0.465 e. The summed E-state index contributed by atoms with van der Waals surface area (Å²) >= 11 is 0. The van der Waals surface area contributed by atoms with E-state index in [2.05, 4.69) is 10.3 Å². The molecular weight excluding hydrogens is 252 g/mol. The van der Waals surface area contributed by atoms with E-state index in [4.69, 9.17) is 4.74 Å². The largest absolute Gasteiger partial charge is 0.465 e. The van der Waals surface area contributed by atoms with Crippen LogP contribution in [0.15, 0.2) is 54.5 Å². The number of amides is 1. The average Bonchev–Trinajstić information content (AvgIpc) is 2.44. The molecule has 20 heavy (non-hydrogen) atoms. The predicted octanol–water partition coefficient (Wildman–Crippen LogP) is 2.79. The van der Waals surface area contributed by atoms with Crippen LogP contribution in [0, 0.1) is 0 Å². The van der Waals surface area contributed by atoms with Gasteiger partial charge in [-0.1, -0.05) is 23.8 Å². The van der Waals surface area contributed by atoms with Crippen molar-refractivity contribution >= 4 is 5.91 Å². The highest BCUT2D eigenvalue weighted by molar-refractivity contribution is 5.77. The van der Waals surface area contributed by atoms with E-state index in [-0.39, 0.29) is 12.3 Å². The third-order valence-corrected chi connectivity index (χ3v) is 2.48. The van der Waals surface area contributed by atoms with Crippen LogP contribution in [0.25, 0.3) is 0 Å². The molecule has 0 bridgehead atoms. The minimum atomic E-state index is -0.0740. The molecule has 1 aromatic rings. The lowest BCUT2D eigenvalue weighted by Gasteiger charge is -2.03. The Morgan fingerprint density at radius 2 is 2.30 bits per heavy atom. The smallest absolute Gasteiger partial charge is 0.225 e. The first-order valence-electron chi connectivity index (χ1n) is 6.44. The Labute approximate surface area is 119 Å². The van der Waals surface area contributed by atoms with E-state index >= 15 is 0 Å². The molecule has 0 aliphatic heterocycles. The van der Waals surface area contributed by atoms with Crippen molar-refractivity contribution in [1.82, 2.24) is 10.3 Å². The molecule has 4 heteroatoms. The van der Waals surface area contributed by atoms with E-state index in [0.29, 0.717) is 11.4 Å². The summed E-state index contributed by atoms with van der Waals surface area (Å²) in [4.78, 5) is 15.4. The lowest BCUT2D eigenvalue weighted by Crippen LogP contribution is -2.20. The molecule has 0 spiro atoms. The first kappa shape index (κ1) is 15.7. The molecule has 1 rings (SSSR count). The summed E-state index contributed by atoms with van der Waals surface area (Å²) in [5.74, 6) is 0.586. The number of hydrogen-bond donors (Lipinski definition) is 1. The number of nitrogens with one attached hydrogen (secondary N) is 1. The van der Waals surface area contributed by atoms with Gasteiger partial charge in [-0.05, 0) is 26.0 Å². The molecule has 4 nitrogen and oxygen atoms in total. The molecule has 0 saturated carbocycles. The summed E-state index contributed by atoms with van der Waals surface area (Å²) in [7, 11) is 1.60. The standard InChI is InChI=1S/C16H20N2O2/c1-4-6-13(2)7-5-10-20-15-8-9-18-14(11-15)12-16(19)17-3/h4-11H,12H2,1-3H3,(H,17,19)/b6-4-,10-5+,13-7-. The van der Waals surface area contributed by atoms with Gasteiger partial charge in [-0.15, -0.1) is 0 Å². The van der Waals surface area contributed by atoms with E-state index in [9.17, 15) is 4.79 Å². The zero-order chi connectivity index (χ0) is 14.8. The van der Waals surface area contributed by atoms with Gasteiger partial charge in [0.05, 0.1) is 18.4 Å². The van der Waals surface area contributed by atoms with Gasteiger partial charge in [0.2, 0.25) is 5.91 Å². The molecule has 0 fully saturated rings. The molecule has 106 valence electrons. The molecule has 1 aromatic heterocycles. The highest BCUT2D eigenvalue weighted by Gasteiger charge is 2.03. The first-order chi connectivity index (χ1) is 9.65. The van der Waals surface area contributed by atoms with Crippen LogP contribution in [0.2, 0.25) is 0 Å². The molecule has 0 aliphatic rings. The molecule has 0 atom stereocenters. The van der Waals surface area contributed by atoms with Crippen LogP contribution in [-0.2, 0) is 11.2 Å². The average molecular weight is 272 g/mol. The number of carbonyl (C=O) groups excluding carboxylic acids is 1. The number of nitrogens with zero attached hydrogens (tertiary/aromatic N) is 1. The minimum absolute atomic E-state index is 0.0740. The SMILES string of the molecule is C\C=C/C(C)=C\C=C\Oc1ccnc(CC(=O)NC)c1. The molecule has 1 heterocycles. The quantitative estimate of drug-likeness (QED) is 0.640. The summed E-state index contributed by atoms with van der Waals surface area (Å²) in [6, 6.07) is 3.50. The maximum absolute atomic E-state index is 11.3. The molecule has 0 aliphatic carbocycles.